The van der Waals surface area contributed by atoms with Crippen LogP contribution in [0.1, 0.15) is 71.8 Å². The normalized spacial score (nSPS) is 23.3. The average Bonchev–Trinajstić information content (AvgIpc) is 2.62. The molecule has 0 fully saturated rings. The molecule has 1 aliphatic heterocycles. The Kier molecular flexibility index (Phi) is 5.34. The van der Waals surface area contributed by atoms with Gasteiger partial charge in [0.05, 0.1) is 10.0 Å². The van der Waals surface area contributed by atoms with Crippen molar-refractivity contribution in [3.63, 3.8) is 0 Å². The quantitative estimate of drug-likeness (QED) is 0.552. The van der Waals surface area contributed by atoms with Crippen LogP contribution in [0.3, 0.4) is 0 Å². The number of aromatic hydroxyl groups is 1. The van der Waals surface area contributed by atoms with Crippen molar-refractivity contribution < 1.29 is 14.7 Å². The highest BCUT2D eigenvalue weighted by molar-refractivity contribution is 6.37. The minimum atomic E-state index is -0.504. The molecule has 0 bridgehead atoms. The van der Waals surface area contributed by atoms with Gasteiger partial charge in [-0.3, -0.25) is 9.59 Å². The summed E-state index contributed by atoms with van der Waals surface area (Å²) in [6.45, 7) is 11.2. The van der Waals surface area contributed by atoms with Gasteiger partial charge in [-0.05, 0) is 48.3 Å². The molecule has 31 heavy (non-hydrogen) atoms. The Bertz CT molecular complexity index is 988. The number of ketones is 2. The van der Waals surface area contributed by atoms with E-state index in [-0.39, 0.29) is 38.2 Å². The Labute approximate surface area is 193 Å². The maximum atomic E-state index is 13.5. The molecule has 0 spiro atoms. The molecule has 1 aromatic carbocycles. The lowest BCUT2D eigenvalue weighted by Crippen LogP contribution is -2.44. The van der Waals surface area contributed by atoms with Crippen molar-refractivity contribution in [3.05, 3.63) is 50.3 Å². The number of rotatable bonds is 2. The Morgan fingerprint density at radius 3 is 1.71 bits per heavy atom. The van der Waals surface area contributed by atoms with E-state index in [9.17, 15) is 14.7 Å². The number of halogens is 2. The zero-order chi connectivity index (χ0) is 22.9. The number of Topliss-reactive ketones (excluding diaryl/α,β-unsaturated/α-hetero) is 2. The number of hydrogen-bond donors (Lipinski definition) is 1. The van der Waals surface area contributed by atoms with Crippen molar-refractivity contribution in [3.8, 4) is 5.75 Å². The smallest absolute Gasteiger partial charge is 0.162 e. The van der Waals surface area contributed by atoms with Gasteiger partial charge in [-0.2, -0.15) is 0 Å². The van der Waals surface area contributed by atoms with E-state index in [1.807, 2.05) is 0 Å². The van der Waals surface area contributed by atoms with E-state index in [0.717, 1.165) is 24.2 Å². The molecule has 0 amide bonds. The highest BCUT2D eigenvalue weighted by Gasteiger charge is 2.48. The minimum absolute atomic E-state index is 0.0687. The fourth-order valence-electron chi connectivity index (χ4n) is 5.51. The van der Waals surface area contributed by atoms with Crippen LogP contribution in [0.15, 0.2) is 34.7 Å². The highest BCUT2D eigenvalue weighted by atomic mass is 35.5. The van der Waals surface area contributed by atoms with Gasteiger partial charge in [-0.1, -0.05) is 50.9 Å². The number of hydrogen-bond acceptors (Lipinski definition) is 4. The third kappa shape index (κ3) is 3.72. The van der Waals surface area contributed by atoms with E-state index in [1.54, 1.807) is 12.1 Å². The maximum Gasteiger partial charge on any atom is 0.162 e. The Hall–Kier alpha value is -1.78. The summed E-state index contributed by atoms with van der Waals surface area (Å²) in [6, 6.07) is 3.29. The molecular weight excluding hydrogens is 433 g/mol. The summed E-state index contributed by atoms with van der Waals surface area (Å²) in [5.74, 6) is -0.553. The van der Waals surface area contributed by atoms with Crippen molar-refractivity contribution in [1.82, 2.24) is 4.90 Å². The van der Waals surface area contributed by atoms with Crippen LogP contribution in [-0.4, -0.2) is 28.1 Å². The summed E-state index contributed by atoms with van der Waals surface area (Å²) in [7, 11) is 0. The maximum absolute atomic E-state index is 13.5. The molecule has 2 aliphatic carbocycles. The van der Waals surface area contributed by atoms with Crippen molar-refractivity contribution in [2.75, 3.05) is 6.54 Å². The molecule has 0 saturated heterocycles. The number of nitrogens with zero attached hydrogens (tertiary/aromatic N) is 1. The molecule has 4 rings (SSSR count). The van der Waals surface area contributed by atoms with Gasteiger partial charge in [0.15, 0.2) is 17.3 Å². The minimum Gasteiger partial charge on any atom is -0.505 e. The van der Waals surface area contributed by atoms with Crippen LogP contribution in [0.2, 0.25) is 10.0 Å². The molecule has 0 saturated carbocycles. The lowest BCUT2D eigenvalue weighted by molar-refractivity contribution is -0.119. The SMILES string of the molecule is CCN1C2=C(C(=O)CC(C)(C)C2)C(c2cc(Cl)c(O)c(Cl)c2)C2=C1CC(C)(C)CC2=O. The summed E-state index contributed by atoms with van der Waals surface area (Å²) in [5.41, 5.74) is 3.78. The second kappa shape index (κ2) is 7.38. The van der Waals surface area contributed by atoms with Crippen LogP contribution in [-0.2, 0) is 9.59 Å². The first-order valence-corrected chi connectivity index (χ1v) is 11.6. The molecule has 0 unspecified atom stereocenters. The lowest BCUT2D eigenvalue weighted by atomic mass is 9.63. The molecule has 0 radical (unpaired) electrons. The Morgan fingerprint density at radius 2 is 1.32 bits per heavy atom. The van der Waals surface area contributed by atoms with Crippen LogP contribution in [0.5, 0.6) is 5.75 Å². The number of allylic oxidation sites excluding steroid dienone is 4. The highest BCUT2D eigenvalue weighted by Crippen LogP contribution is 2.55. The van der Waals surface area contributed by atoms with Crippen LogP contribution in [0.4, 0.5) is 0 Å². The largest absolute Gasteiger partial charge is 0.505 e. The summed E-state index contributed by atoms with van der Waals surface area (Å²) >= 11 is 12.5. The lowest BCUT2D eigenvalue weighted by Gasteiger charge is -2.49. The van der Waals surface area contributed by atoms with E-state index in [0.29, 0.717) is 36.1 Å². The van der Waals surface area contributed by atoms with Crippen molar-refractivity contribution in [2.45, 2.75) is 66.2 Å². The summed E-state index contributed by atoms with van der Waals surface area (Å²) < 4.78 is 0. The van der Waals surface area contributed by atoms with Gasteiger partial charge in [0, 0.05) is 47.8 Å². The van der Waals surface area contributed by atoms with Gasteiger partial charge in [-0.15, -0.1) is 0 Å². The Morgan fingerprint density at radius 1 is 0.903 bits per heavy atom. The standard InChI is InChI=1S/C25H29Cl2NO3/c1-6-28-16-9-24(2,3)11-18(29)21(16)20(13-7-14(26)23(31)15(27)8-13)22-17(28)10-25(4,5)12-19(22)30/h7-8,20,31H,6,9-12H2,1-5H3. The molecule has 0 atom stereocenters. The predicted molar refractivity (Wildman–Crippen MR) is 123 cm³/mol. The van der Waals surface area contributed by atoms with E-state index in [1.165, 1.54) is 0 Å². The summed E-state index contributed by atoms with van der Waals surface area (Å²) in [5, 5.41) is 10.3. The monoisotopic (exact) mass is 461 g/mol. The van der Waals surface area contributed by atoms with Crippen LogP contribution in [0, 0.1) is 10.8 Å². The van der Waals surface area contributed by atoms with E-state index in [4.69, 9.17) is 23.2 Å². The first kappa shape index (κ1) is 22.4. The van der Waals surface area contributed by atoms with Gasteiger partial charge in [0.1, 0.15) is 0 Å². The molecule has 0 aromatic heterocycles. The van der Waals surface area contributed by atoms with Gasteiger partial charge in [0.25, 0.3) is 0 Å². The molecule has 3 aliphatic rings. The Balaban J connectivity index is 2.02. The fraction of sp³-hybridized carbons (Fsp3) is 0.520. The van der Waals surface area contributed by atoms with Crippen LogP contribution < -0.4 is 0 Å². The first-order valence-electron chi connectivity index (χ1n) is 10.8. The van der Waals surface area contributed by atoms with Crippen molar-refractivity contribution in [2.24, 2.45) is 10.8 Å². The van der Waals surface area contributed by atoms with Crippen LogP contribution in [0.25, 0.3) is 0 Å². The second-order valence-electron chi connectivity index (χ2n) is 10.6. The summed E-state index contributed by atoms with van der Waals surface area (Å²) in [6.07, 6.45) is 2.40. The molecule has 4 nitrogen and oxygen atoms in total. The van der Waals surface area contributed by atoms with E-state index in [2.05, 4.69) is 39.5 Å². The van der Waals surface area contributed by atoms with Crippen molar-refractivity contribution in [1.29, 1.82) is 0 Å². The molecule has 1 aromatic rings. The molecule has 6 heteroatoms. The number of carbonyl (C=O) groups is 2. The number of phenolic OH excluding ortho intramolecular Hbond substituents is 1. The third-order valence-electron chi connectivity index (χ3n) is 6.71. The van der Waals surface area contributed by atoms with Gasteiger partial charge >= 0.3 is 0 Å². The fourth-order valence-corrected chi connectivity index (χ4v) is 6.02. The summed E-state index contributed by atoms with van der Waals surface area (Å²) in [4.78, 5) is 29.2. The van der Waals surface area contributed by atoms with Gasteiger partial charge in [0.2, 0.25) is 0 Å². The van der Waals surface area contributed by atoms with Gasteiger partial charge < -0.3 is 10.0 Å². The van der Waals surface area contributed by atoms with Crippen LogP contribution >= 0.6 is 23.2 Å². The molecule has 1 heterocycles. The number of phenols is 1. The second-order valence-corrected chi connectivity index (χ2v) is 11.4. The number of benzene rings is 1. The zero-order valence-corrected chi connectivity index (χ0v) is 20.2. The first-order chi connectivity index (χ1) is 14.3. The zero-order valence-electron chi connectivity index (χ0n) is 18.7. The van der Waals surface area contributed by atoms with E-state index < -0.39 is 5.92 Å². The molecule has 166 valence electrons. The number of carbonyl (C=O) groups excluding carboxylic acids is 2. The van der Waals surface area contributed by atoms with Gasteiger partial charge in [-0.25, -0.2) is 0 Å². The van der Waals surface area contributed by atoms with Crippen molar-refractivity contribution >= 4 is 34.8 Å². The third-order valence-corrected chi connectivity index (χ3v) is 7.29. The average molecular weight is 462 g/mol. The predicted octanol–water partition coefficient (Wildman–Crippen LogP) is 6.40. The molecular formula is C25H29Cl2NO3. The van der Waals surface area contributed by atoms with E-state index >= 15 is 0 Å². The topological polar surface area (TPSA) is 57.6 Å². The molecule has 1 N–H and O–H groups in total.